The van der Waals surface area contributed by atoms with Gasteiger partial charge in [0.1, 0.15) is 6.04 Å². The molecule has 0 radical (unpaired) electrons. The number of nitrogens with zero attached hydrogens (tertiary/aromatic N) is 4. The average Bonchev–Trinajstić information content (AvgIpc) is 3.55. The molecule has 4 aliphatic rings. The minimum absolute atomic E-state index is 0.0153. The van der Waals surface area contributed by atoms with E-state index in [1.807, 2.05) is 11.8 Å². The fourth-order valence-electron chi connectivity index (χ4n) is 6.70. The molecule has 4 rings (SSSR count). The van der Waals surface area contributed by atoms with Crippen molar-refractivity contribution in [2.75, 3.05) is 66.1 Å². The number of carbonyl (C=O) groups excluding carboxylic acids is 3. The highest BCUT2D eigenvalue weighted by molar-refractivity contribution is 8.02. The van der Waals surface area contributed by atoms with Crippen LogP contribution in [0.3, 0.4) is 0 Å². The lowest BCUT2D eigenvalue weighted by atomic mass is 9.70. The Morgan fingerprint density at radius 3 is 2.57 bits per heavy atom. The molecule has 206 valence electrons. The number of aliphatic hydroxyl groups is 1. The molecule has 0 aromatic carbocycles. The van der Waals surface area contributed by atoms with Crippen molar-refractivity contribution in [2.24, 2.45) is 11.8 Å². The molecule has 4 heterocycles. The van der Waals surface area contributed by atoms with E-state index in [0.717, 1.165) is 26.1 Å². The van der Waals surface area contributed by atoms with Gasteiger partial charge in [0, 0.05) is 51.6 Å². The molecule has 9 nitrogen and oxygen atoms in total. The molecule has 4 fully saturated rings. The number of hydrogen-bond donors (Lipinski definition) is 1. The van der Waals surface area contributed by atoms with Crippen molar-refractivity contribution in [1.82, 2.24) is 19.6 Å². The van der Waals surface area contributed by atoms with Crippen LogP contribution < -0.4 is 0 Å². The van der Waals surface area contributed by atoms with E-state index < -0.39 is 28.7 Å². The van der Waals surface area contributed by atoms with Crippen molar-refractivity contribution in [3.05, 3.63) is 25.3 Å². The van der Waals surface area contributed by atoms with Crippen molar-refractivity contribution < 1.29 is 24.2 Å². The van der Waals surface area contributed by atoms with E-state index in [2.05, 4.69) is 18.1 Å². The number of carbonyl (C=O) groups is 3. The quantitative estimate of drug-likeness (QED) is 0.371. The maximum atomic E-state index is 14.4. The number of ether oxygens (including phenoxy) is 1. The third-order valence-electron chi connectivity index (χ3n) is 8.56. The first-order valence-electron chi connectivity index (χ1n) is 13.5. The Bertz CT molecular complexity index is 892. The van der Waals surface area contributed by atoms with Crippen LogP contribution in [0.5, 0.6) is 0 Å². The molecule has 0 aliphatic carbocycles. The van der Waals surface area contributed by atoms with Gasteiger partial charge in [0.25, 0.3) is 0 Å². The second-order valence-electron chi connectivity index (χ2n) is 10.6. The van der Waals surface area contributed by atoms with Gasteiger partial charge in [-0.15, -0.1) is 24.9 Å². The van der Waals surface area contributed by atoms with Gasteiger partial charge >= 0.3 is 0 Å². The lowest BCUT2D eigenvalue weighted by Crippen LogP contribution is -2.58. The summed E-state index contributed by atoms with van der Waals surface area (Å²) in [5.41, 5.74) is 0. The highest BCUT2D eigenvalue weighted by Gasteiger charge is 2.74. The Balaban J connectivity index is 1.66. The molecule has 3 amide bonds. The van der Waals surface area contributed by atoms with Crippen LogP contribution in [-0.4, -0.2) is 131 Å². The number of hydrogen-bond acceptors (Lipinski definition) is 7. The minimum Gasteiger partial charge on any atom is -0.394 e. The Morgan fingerprint density at radius 1 is 1.24 bits per heavy atom. The molecule has 37 heavy (non-hydrogen) atoms. The fourth-order valence-corrected chi connectivity index (χ4v) is 8.90. The lowest BCUT2D eigenvalue weighted by molar-refractivity contribution is -0.147. The first kappa shape index (κ1) is 28.1. The largest absolute Gasteiger partial charge is 0.394 e. The van der Waals surface area contributed by atoms with Gasteiger partial charge in [-0.3, -0.25) is 19.3 Å². The van der Waals surface area contributed by atoms with E-state index in [4.69, 9.17) is 4.74 Å². The SMILES string of the molecule is C=CCN(C)C(=O)[C@@H]1[C@@H]2CCC3(S2)C(C(=O)N(CC=C)CCN2CCOCC2)N([C@@H](CC)CO)C(=O)[C@H]13. The molecule has 1 spiro atoms. The second-order valence-corrected chi connectivity index (χ2v) is 12.2. The van der Waals surface area contributed by atoms with Gasteiger partial charge in [-0.05, 0) is 19.3 Å². The van der Waals surface area contributed by atoms with Gasteiger partial charge in [-0.25, -0.2) is 0 Å². The molecule has 6 atom stereocenters. The summed E-state index contributed by atoms with van der Waals surface area (Å²) in [4.78, 5) is 49.4. The van der Waals surface area contributed by atoms with E-state index in [0.29, 0.717) is 45.7 Å². The number of morpholine rings is 1. The predicted octanol–water partition coefficient (Wildman–Crippen LogP) is 0.840. The van der Waals surface area contributed by atoms with Crippen molar-refractivity contribution in [3.63, 3.8) is 0 Å². The Hall–Kier alpha value is -1.88. The third kappa shape index (κ3) is 4.97. The summed E-state index contributed by atoms with van der Waals surface area (Å²) < 4.78 is 4.80. The summed E-state index contributed by atoms with van der Waals surface area (Å²) >= 11 is 1.67. The number of thioether (sulfide) groups is 1. The predicted molar refractivity (Wildman–Crippen MR) is 144 cm³/mol. The van der Waals surface area contributed by atoms with E-state index >= 15 is 0 Å². The summed E-state index contributed by atoms with van der Waals surface area (Å²) in [5, 5.41) is 10.3. The van der Waals surface area contributed by atoms with E-state index in [1.54, 1.807) is 40.8 Å². The normalized spacial score (nSPS) is 31.8. The molecule has 2 bridgehead atoms. The Labute approximate surface area is 224 Å². The van der Waals surface area contributed by atoms with E-state index in [1.165, 1.54) is 0 Å². The first-order chi connectivity index (χ1) is 17.8. The molecule has 0 aromatic heterocycles. The van der Waals surface area contributed by atoms with Crippen LogP contribution in [-0.2, 0) is 19.1 Å². The van der Waals surface area contributed by atoms with Crippen LogP contribution in [0.25, 0.3) is 0 Å². The molecule has 0 aromatic rings. The molecule has 0 saturated carbocycles. The molecule has 4 aliphatic heterocycles. The van der Waals surface area contributed by atoms with Gasteiger partial charge in [-0.2, -0.15) is 0 Å². The topological polar surface area (TPSA) is 93.6 Å². The smallest absolute Gasteiger partial charge is 0.247 e. The average molecular weight is 535 g/mol. The van der Waals surface area contributed by atoms with Crippen LogP contribution in [0.2, 0.25) is 0 Å². The van der Waals surface area contributed by atoms with Crippen LogP contribution >= 0.6 is 11.8 Å². The summed E-state index contributed by atoms with van der Waals surface area (Å²) in [6, 6.07) is -1.17. The minimum atomic E-state index is -0.704. The highest BCUT2D eigenvalue weighted by Crippen LogP contribution is 2.67. The first-order valence-corrected chi connectivity index (χ1v) is 14.4. The number of fused-ring (bicyclic) bond motifs is 1. The van der Waals surface area contributed by atoms with Crippen molar-refractivity contribution in [3.8, 4) is 0 Å². The summed E-state index contributed by atoms with van der Waals surface area (Å²) in [7, 11) is 1.74. The van der Waals surface area contributed by atoms with E-state index in [-0.39, 0.29) is 29.6 Å². The van der Waals surface area contributed by atoms with E-state index in [9.17, 15) is 19.5 Å². The number of likely N-dealkylation sites (N-methyl/N-ethyl adjacent to an activating group) is 1. The maximum absolute atomic E-state index is 14.4. The maximum Gasteiger partial charge on any atom is 0.247 e. The van der Waals surface area contributed by atoms with Gasteiger partial charge in [0.05, 0.1) is 42.4 Å². The van der Waals surface area contributed by atoms with Crippen molar-refractivity contribution >= 4 is 29.5 Å². The molecule has 10 heteroatoms. The molecular formula is C27H42N4O5S. The number of amides is 3. The van der Waals surface area contributed by atoms with Gasteiger partial charge in [-0.1, -0.05) is 19.1 Å². The Kier molecular flexibility index (Phi) is 9.04. The third-order valence-corrected chi connectivity index (χ3v) is 10.5. The highest BCUT2D eigenvalue weighted by atomic mass is 32.2. The number of likely N-dealkylation sites (tertiary alicyclic amines) is 1. The molecule has 2 unspecified atom stereocenters. The molecule has 1 N–H and O–H groups in total. The molecule has 4 saturated heterocycles. The van der Waals surface area contributed by atoms with Gasteiger partial charge in [0.15, 0.2) is 0 Å². The van der Waals surface area contributed by atoms with Crippen LogP contribution in [0.15, 0.2) is 25.3 Å². The van der Waals surface area contributed by atoms with Gasteiger partial charge in [0.2, 0.25) is 17.7 Å². The number of aliphatic hydroxyl groups excluding tert-OH is 1. The van der Waals surface area contributed by atoms with Crippen LogP contribution in [0, 0.1) is 11.8 Å². The zero-order valence-electron chi connectivity index (χ0n) is 22.2. The lowest BCUT2D eigenvalue weighted by Gasteiger charge is -2.40. The Morgan fingerprint density at radius 2 is 1.95 bits per heavy atom. The van der Waals surface area contributed by atoms with Crippen LogP contribution in [0.4, 0.5) is 0 Å². The van der Waals surface area contributed by atoms with Crippen LogP contribution in [0.1, 0.15) is 26.2 Å². The standard InChI is InChI=1S/C27H42N4O5S/c1-5-10-28(4)24(33)21-20-8-9-27(37-20)22(21)25(34)31(19(7-3)18-32)23(27)26(35)30(11-6-2)13-12-29-14-16-36-17-15-29/h5-6,19-23,32H,1-2,7-18H2,3-4H3/t19-,20-,21+,22-,23?,27?/m0/s1. The fraction of sp³-hybridized carbons (Fsp3) is 0.741. The second kappa shape index (κ2) is 11.9. The number of rotatable bonds is 12. The molecular weight excluding hydrogens is 492 g/mol. The zero-order chi connectivity index (χ0) is 26.7. The monoisotopic (exact) mass is 534 g/mol. The van der Waals surface area contributed by atoms with Gasteiger partial charge < -0.3 is 24.5 Å². The summed E-state index contributed by atoms with van der Waals surface area (Å²) in [5.74, 6) is -1.34. The van der Waals surface area contributed by atoms with Crippen molar-refractivity contribution in [2.45, 2.75) is 48.3 Å². The van der Waals surface area contributed by atoms with Crippen molar-refractivity contribution in [1.29, 1.82) is 0 Å². The summed E-state index contributed by atoms with van der Waals surface area (Å²) in [6.45, 7) is 14.4. The zero-order valence-corrected chi connectivity index (χ0v) is 23.0. The summed E-state index contributed by atoms with van der Waals surface area (Å²) in [6.07, 6.45) is 5.47.